The Kier molecular flexibility index (Phi) is 2.95. The smallest absolute Gasteiger partial charge is 0.101 e. The molecular formula is C11H14N4. The molecule has 0 bridgehead atoms. The third-order valence-electron chi connectivity index (χ3n) is 2.86. The van der Waals surface area contributed by atoms with Crippen LogP contribution in [0.1, 0.15) is 23.5 Å². The lowest BCUT2D eigenvalue weighted by Crippen LogP contribution is -2.32. The molecule has 4 heteroatoms. The van der Waals surface area contributed by atoms with Crippen molar-refractivity contribution in [3.63, 3.8) is 0 Å². The van der Waals surface area contributed by atoms with Gasteiger partial charge < -0.3 is 0 Å². The second-order valence-corrected chi connectivity index (χ2v) is 3.77. The van der Waals surface area contributed by atoms with Gasteiger partial charge in [-0.3, -0.25) is 10.4 Å². The Labute approximate surface area is 89.5 Å². The van der Waals surface area contributed by atoms with Crippen LogP contribution in [0.25, 0.3) is 0 Å². The van der Waals surface area contributed by atoms with Gasteiger partial charge in [0, 0.05) is 31.4 Å². The van der Waals surface area contributed by atoms with Crippen molar-refractivity contribution in [3.8, 4) is 6.07 Å². The second kappa shape index (κ2) is 4.39. The average Bonchev–Trinajstić information content (AvgIpc) is 2.78. The number of pyridine rings is 1. The number of hydrogen-bond acceptors (Lipinski definition) is 4. The van der Waals surface area contributed by atoms with Crippen LogP contribution in [0.2, 0.25) is 0 Å². The molecule has 1 fully saturated rings. The summed E-state index contributed by atoms with van der Waals surface area (Å²) in [5.41, 5.74) is 4.96. The topological polar surface area (TPSA) is 52.0 Å². The summed E-state index contributed by atoms with van der Waals surface area (Å²) >= 11 is 0. The van der Waals surface area contributed by atoms with Gasteiger partial charge in [0.1, 0.15) is 6.07 Å². The predicted molar refractivity (Wildman–Crippen MR) is 56.9 cm³/mol. The summed E-state index contributed by atoms with van der Waals surface area (Å²) in [6.07, 6.45) is 4.59. The number of nitrogens with zero attached hydrogens (tertiary/aromatic N) is 3. The second-order valence-electron chi connectivity index (χ2n) is 3.77. The lowest BCUT2D eigenvalue weighted by molar-refractivity contribution is 0.258. The van der Waals surface area contributed by atoms with Gasteiger partial charge in [-0.1, -0.05) is 0 Å². The summed E-state index contributed by atoms with van der Waals surface area (Å²) in [5, 5.41) is 11.0. The average molecular weight is 202 g/mol. The molecule has 0 radical (unpaired) electrons. The van der Waals surface area contributed by atoms with Crippen molar-refractivity contribution in [3.05, 3.63) is 29.6 Å². The van der Waals surface area contributed by atoms with Crippen molar-refractivity contribution in [2.24, 2.45) is 0 Å². The van der Waals surface area contributed by atoms with E-state index in [9.17, 15) is 0 Å². The van der Waals surface area contributed by atoms with Crippen molar-refractivity contribution in [2.45, 2.75) is 12.3 Å². The summed E-state index contributed by atoms with van der Waals surface area (Å²) in [7, 11) is 1.94. The third kappa shape index (κ3) is 2.14. The van der Waals surface area contributed by atoms with E-state index in [1.54, 1.807) is 6.20 Å². The molecule has 0 unspecified atom stereocenters. The Bertz CT molecular complexity index is 382. The van der Waals surface area contributed by atoms with Crippen LogP contribution in [-0.4, -0.2) is 30.1 Å². The van der Waals surface area contributed by atoms with Gasteiger partial charge in [-0.2, -0.15) is 5.26 Å². The van der Waals surface area contributed by atoms with Gasteiger partial charge >= 0.3 is 0 Å². The van der Waals surface area contributed by atoms with Crippen LogP contribution in [0, 0.1) is 11.3 Å². The van der Waals surface area contributed by atoms with Gasteiger partial charge in [-0.05, 0) is 25.1 Å². The lowest BCUT2D eigenvalue weighted by atomic mass is 9.99. The van der Waals surface area contributed by atoms with E-state index in [-0.39, 0.29) is 0 Å². The number of hydrogen-bond donors (Lipinski definition) is 1. The zero-order chi connectivity index (χ0) is 10.7. The Morgan fingerprint density at radius 1 is 1.60 bits per heavy atom. The van der Waals surface area contributed by atoms with Gasteiger partial charge in [0.25, 0.3) is 0 Å². The molecule has 0 aromatic carbocycles. The summed E-state index contributed by atoms with van der Waals surface area (Å²) in [5.74, 6) is 0.498. The maximum absolute atomic E-state index is 8.79. The van der Waals surface area contributed by atoms with Crippen molar-refractivity contribution in [1.82, 2.24) is 15.4 Å². The first-order valence-corrected chi connectivity index (χ1v) is 5.11. The maximum atomic E-state index is 8.79. The number of hydrazine groups is 1. The first kappa shape index (κ1) is 10.1. The van der Waals surface area contributed by atoms with Crippen molar-refractivity contribution >= 4 is 0 Å². The fraction of sp³-hybridized carbons (Fsp3) is 0.455. The Balaban J connectivity index is 2.14. The highest BCUT2D eigenvalue weighted by Crippen LogP contribution is 2.25. The fourth-order valence-corrected chi connectivity index (χ4v) is 1.98. The molecule has 1 aliphatic heterocycles. The van der Waals surface area contributed by atoms with Crippen LogP contribution >= 0.6 is 0 Å². The molecule has 2 heterocycles. The minimum atomic E-state index is 0.498. The Morgan fingerprint density at radius 3 is 3.13 bits per heavy atom. The molecule has 1 N–H and O–H groups in total. The number of nitriles is 1. The molecule has 15 heavy (non-hydrogen) atoms. The normalized spacial score (nSPS) is 21.5. The molecule has 0 amide bonds. The first-order chi connectivity index (χ1) is 7.33. The zero-order valence-corrected chi connectivity index (χ0v) is 8.77. The number of nitrogens with one attached hydrogen (secondary N) is 1. The first-order valence-electron chi connectivity index (χ1n) is 5.11. The third-order valence-corrected chi connectivity index (χ3v) is 2.86. The molecule has 78 valence electrons. The van der Waals surface area contributed by atoms with Gasteiger partial charge in [-0.25, -0.2) is 5.01 Å². The lowest BCUT2D eigenvalue weighted by Gasteiger charge is -2.13. The predicted octanol–water partition coefficient (Wildman–Crippen LogP) is 0.877. The highest BCUT2D eigenvalue weighted by molar-refractivity contribution is 5.31. The molecule has 0 spiro atoms. The van der Waals surface area contributed by atoms with Crippen molar-refractivity contribution in [1.29, 1.82) is 5.26 Å². The van der Waals surface area contributed by atoms with Gasteiger partial charge in [0.15, 0.2) is 0 Å². The Hall–Kier alpha value is -1.44. The van der Waals surface area contributed by atoms with Crippen molar-refractivity contribution < 1.29 is 0 Å². The quantitative estimate of drug-likeness (QED) is 0.773. The summed E-state index contributed by atoms with van der Waals surface area (Å²) in [4.78, 5) is 4.09. The monoisotopic (exact) mass is 202 g/mol. The van der Waals surface area contributed by atoms with E-state index < -0.39 is 0 Å². The largest absolute Gasteiger partial charge is 0.263 e. The molecular weight excluding hydrogens is 188 g/mol. The molecule has 1 aliphatic rings. The molecule has 0 aliphatic carbocycles. The van der Waals surface area contributed by atoms with E-state index >= 15 is 0 Å². The molecule has 1 saturated heterocycles. The van der Waals surface area contributed by atoms with E-state index in [4.69, 9.17) is 5.26 Å². The molecule has 1 aromatic heterocycles. The SMILES string of the molecule is CNN1CC[C@H](c2cncc(C#N)c2)C1. The van der Waals surface area contributed by atoms with Crippen LogP contribution in [0.15, 0.2) is 18.5 Å². The van der Waals surface area contributed by atoms with Crippen LogP contribution in [0.3, 0.4) is 0 Å². The van der Waals surface area contributed by atoms with Crippen molar-refractivity contribution in [2.75, 3.05) is 20.1 Å². The van der Waals surface area contributed by atoms with Gasteiger partial charge in [-0.15, -0.1) is 0 Å². The summed E-state index contributed by atoms with van der Waals surface area (Å²) in [6.45, 7) is 2.05. The summed E-state index contributed by atoms with van der Waals surface area (Å²) in [6, 6.07) is 4.07. The van der Waals surface area contributed by atoms with Crippen LogP contribution in [0.4, 0.5) is 0 Å². The zero-order valence-electron chi connectivity index (χ0n) is 8.77. The molecule has 2 rings (SSSR count). The van der Waals surface area contributed by atoms with Crippen LogP contribution < -0.4 is 5.43 Å². The molecule has 1 aromatic rings. The van der Waals surface area contributed by atoms with E-state index in [1.165, 1.54) is 5.56 Å². The van der Waals surface area contributed by atoms with E-state index in [0.29, 0.717) is 11.5 Å². The summed E-state index contributed by atoms with van der Waals surface area (Å²) < 4.78 is 0. The van der Waals surface area contributed by atoms with E-state index in [2.05, 4.69) is 21.5 Å². The van der Waals surface area contributed by atoms with E-state index in [1.807, 2.05) is 19.3 Å². The molecule has 0 saturated carbocycles. The number of aromatic nitrogens is 1. The maximum Gasteiger partial charge on any atom is 0.101 e. The Morgan fingerprint density at radius 2 is 2.47 bits per heavy atom. The van der Waals surface area contributed by atoms with Gasteiger partial charge in [0.05, 0.1) is 5.56 Å². The molecule has 1 atom stereocenters. The molecule has 4 nitrogen and oxygen atoms in total. The minimum Gasteiger partial charge on any atom is -0.263 e. The van der Waals surface area contributed by atoms with Gasteiger partial charge in [0.2, 0.25) is 0 Å². The highest BCUT2D eigenvalue weighted by Gasteiger charge is 2.23. The standard InChI is InChI=1S/C11H14N4/c1-13-15-3-2-10(8-15)11-4-9(5-12)6-14-7-11/h4,6-7,10,13H,2-3,8H2,1H3/t10-/m0/s1. The number of rotatable bonds is 2. The fourth-order valence-electron chi connectivity index (χ4n) is 1.98. The van der Waals surface area contributed by atoms with Crippen LogP contribution in [0.5, 0.6) is 0 Å². The van der Waals surface area contributed by atoms with E-state index in [0.717, 1.165) is 19.5 Å². The van der Waals surface area contributed by atoms with Crippen LogP contribution in [-0.2, 0) is 0 Å². The minimum absolute atomic E-state index is 0.498. The highest BCUT2D eigenvalue weighted by atomic mass is 15.5.